The Morgan fingerprint density at radius 1 is 1.45 bits per heavy atom. The minimum atomic E-state index is -0.0937. The van der Waals surface area contributed by atoms with Crippen molar-refractivity contribution in [1.29, 1.82) is 0 Å². The Bertz CT molecular complexity index is 425. The molecule has 2 rings (SSSR count). The van der Waals surface area contributed by atoms with E-state index in [0.29, 0.717) is 23.9 Å². The Morgan fingerprint density at radius 3 is 2.80 bits per heavy atom. The van der Waals surface area contributed by atoms with Gasteiger partial charge in [-0.2, -0.15) is 0 Å². The highest BCUT2D eigenvalue weighted by Gasteiger charge is 2.16. The molecule has 1 aliphatic rings. The number of carbonyl (C=O) groups excluding carboxylic acids is 1. The number of hydrogen-bond donors (Lipinski definition) is 1. The van der Waals surface area contributed by atoms with Crippen molar-refractivity contribution in [2.45, 2.75) is 32.8 Å². The summed E-state index contributed by atoms with van der Waals surface area (Å²) < 4.78 is 11.0. The van der Waals surface area contributed by atoms with Crippen molar-refractivity contribution in [2.24, 2.45) is 5.92 Å². The molecule has 2 heterocycles. The fraction of sp³-hybridized carbons (Fsp3) is 0.600. The Balaban J connectivity index is 1.87. The van der Waals surface area contributed by atoms with Gasteiger partial charge in [0.05, 0.1) is 18.8 Å². The first-order chi connectivity index (χ1) is 9.65. The molecule has 0 atom stereocenters. The summed E-state index contributed by atoms with van der Waals surface area (Å²) in [6.45, 7) is 6.26. The molecule has 1 fully saturated rings. The van der Waals surface area contributed by atoms with Gasteiger partial charge in [0, 0.05) is 31.6 Å². The molecule has 0 aliphatic carbocycles. The minimum absolute atomic E-state index is 0.0937. The first kappa shape index (κ1) is 14.8. The smallest absolute Gasteiger partial charge is 0.252 e. The topological polar surface area (TPSA) is 60.5 Å². The maximum atomic E-state index is 11.8. The van der Waals surface area contributed by atoms with Crippen LogP contribution in [0.25, 0.3) is 0 Å². The quantitative estimate of drug-likeness (QED) is 0.895. The van der Waals surface area contributed by atoms with E-state index in [4.69, 9.17) is 9.47 Å². The Kier molecular flexibility index (Phi) is 5.35. The summed E-state index contributed by atoms with van der Waals surface area (Å²) in [4.78, 5) is 16.0. The minimum Gasteiger partial charge on any atom is -0.474 e. The molecule has 1 aliphatic heterocycles. The van der Waals surface area contributed by atoms with Gasteiger partial charge in [0.2, 0.25) is 5.88 Å². The van der Waals surface area contributed by atoms with Crippen molar-refractivity contribution in [2.75, 3.05) is 19.8 Å². The number of rotatable bonds is 5. The number of carbonyl (C=O) groups is 1. The van der Waals surface area contributed by atoms with Gasteiger partial charge in [-0.1, -0.05) is 13.8 Å². The van der Waals surface area contributed by atoms with Crippen LogP contribution in [0.5, 0.6) is 5.88 Å². The molecule has 5 nitrogen and oxygen atoms in total. The number of amides is 1. The van der Waals surface area contributed by atoms with Crippen LogP contribution in [0.3, 0.4) is 0 Å². The van der Waals surface area contributed by atoms with Gasteiger partial charge >= 0.3 is 0 Å². The van der Waals surface area contributed by atoms with Gasteiger partial charge < -0.3 is 14.8 Å². The molecule has 110 valence electrons. The van der Waals surface area contributed by atoms with Crippen LogP contribution in [-0.4, -0.2) is 36.8 Å². The molecule has 0 bridgehead atoms. The molecule has 0 radical (unpaired) electrons. The lowest BCUT2D eigenvalue weighted by molar-refractivity contribution is 0.0237. The van der Waals surface area contributed by atoms with E-state index in [1.807, 2.05) is 0 Å². The normalized spacial score (nSPS) is 16.1. The number of hydrogen-bond acceptors (Lipinski definition) is 4. The first-order valence-corrected chi connectivity index (χ1v) is 7.14. The highest BCUT2D eigenvalue weighted by atomic mass is 16.5. The molecule has 1 amide bonds. The van der Waals surface area contributed by atoms with Crippen LogP contribution in [-0.2, 0) is 4.74 Å². The third kappa shape index (κ3) is 4.49. The fourth-order valence-electron chi connectivity index (χ4n) is 1.95. The van der Waals surface area contributed by atoms with Crippen LogP contribution >= 0.6 is 0 Å². The summed E-state index contributed by atoms with van der Waals surface area (Å²) in [7, 11) is 0. The molecule has 1 aromatic rings. The van der Waals surface area contributed by atoms with Gasteiger partial charge in [-0.05, 0) is 12.0 Å². The predicted octanol–water partition coefficient (Wildman–Crippen LogP) is 2.03. The zero-order valence-electron chi connectivity index (χ0n) is 12.1. The van der Waals surface area contributed by atoms with Crippen molar-refractivity contribution in [3.63, 3.8) is 0 Å². The van der Waals surface area contributed by atoms with Gasteiger partial charge in [-0.15, -0.1) is 0 Å². The molecule has 0 aromatic carbocycles. The predicted molar refractivity (Wildman–Crippen MR) is 75.9 cm³/mol. The second-order valence-corrected chi connectivity index (χ2v) is 5.42. The first-order valence-electron chi connectivity index (χ1n) is 7.14. The summed E-state index contributed by atoms with van der Waals surface area (Å²) in [5.41, 5.74) is 0.560. The Labute approximate surface area is 119 Å². The Morgan fingerprint density at radius 2 is 2.20 bits per heavy atom. The lowest BCUT2D eigenvalue weighted by atomic mass is 10.1. The highest BCUT2D eigenvalue weighted by molar-refractivity contribution is 5.93. The van der Waals surface area contributed by atoms with Crippen molar-refractivity contribution < 1.29 is 14.3 Å². The van der Waals surface area contributed by atoms with E-state index in [1.165, 1.54) is 0 Å². The standard InChI is InChI=1S/C15H22N2O3/c1-11(2)9-17-15(18)12-3-4-14(16-10-12)20-13-5-7-19-8-6-13/h3-4,10-11,13H,5-9H2,1-2H3,(H,17,18). The Hall–Kier alpha value is -1.62. The summed E-state index contributed by atoms with van der Waals surface area (Å²) in [5, 5.41) is 2.86. The molecule has 1 N–H and O–H groups in total. The van der Waals surface area contributed by atoms with Crippen molar-refractivity contribution in [3.8, 4) is 5.88 Å². The number of nitrogens with one attached hydrogen (secondary N) is 1. The molecule has 5 heteroatoms. The van der Waals surface area contributed by atoms with E-state index in [0.717, 1.165) is 26.1 Å². The summed E-state index contributed by atoms with van der Waals surface area (Å²) in [5.74, 6) is 0.907. The molecule has 0 unspecified atom stereocenters. The summed E-state index contributed by atoms with van der Waals surface area (Å²) >= 11 is 0. The van der Waals surface area contributed by atoms with Gasteiger partial charge in [0.15, 0.2) is 0 Å². The molecular formula is C15H22N2O3. The van der Waals surface area contributed by atoms with E-state index in [2.05, 4.69) is 24.1 Å². The SMILES string of the molecule is CC(C)CNC(=O)c1ccc(OC2CCOCC2)nc1. The maximum Gasteiger partial charge on any atom is 0.252 e. The zero-order valence-corrected chi connectivity index (χ0v) is 12.1. The lowest BCUT2D eigenvalue weighted by Crippen LogP contribution is -2.28. The van der Waals surface area contributed by atoms with Crippen molar-refractivity contribution in [3.05, 3.63) is 23.9 Å². The van der Waals surface area contributed by atoms with E-state index in [9.17, 15) is 4.79 Å². The maximum absolute atomic E-state index is 11.8. The molecule has 1 aromatic heterocycles. The third-order valence-corrected chi connectivity index (χ3v) is 3.13. The van der Waals surface area contributed by atoms with E-state index < -0.39 is 0 Å². The third-order valence-electron chi connectivity index (χ3n) is 3.13. The second-order valence-electron chi connectivity index (χ2n) is 5.42. The summed E-state index contributed by atoms with van der Waals surface area (Å²) in [6, 6.07) is 3.50. The van der Waals surface area contributed by atoms with Crippen molar-refractivity contribution in [1.82, 2.24) is 10.3 Å². The number of aromatic nitrogens is 1. The van der Waals surface area contributed by atoms with Gasteiger partial charge in [-0.3, -0.25) is 4.79 Å². The molecule has 1 saturated heterocycles. The second kappa shape index (κ2) is 7.24. The molecule has 0 saturated carbocycles. The van der Waals surface area contributed by atoms with E-state index in [1.54, 1.807) is 18.3 Å². The lowest BCUT2D eigenvalue weighted by Gasteiger charge is -2.22. The van der Waals surface area contributed by atoms with E-state index >= 15 is 0 Å². The number of pyridine rings is 1. The number of nitrogens with zero attached hydrogens (tertiary/aromatic N) is 1. The van der Waals surface area contributed by atoms with Gasteiger partial charge in [0.1, 0.15) is 6.10 Å². The van der Waals surface area contributed by atoms with Gasteiger partial charge in [-0.25, -0.2) is 4.98 Å². The summed E-state index contributed by atoms with van der Waals surface area (Å²) in [6.07, 6.45) is 3.50. The molecule has 0 spiro atoms. The highest BCUT2D eigenvalue weighted by Crippen LogP contribution is 2.15. The average Bonchev–Trinajstić information content (AvgIpc) is 2.46. The van der Waals surface area contributed by atoms with Crippen LogP contribution in [0.2, 0.25) is 0 Å². The zero-order chi connectivity index (χ0) is 14.4. The van der Waals surface area contributed by atoms with E-state index in [-0.39, 0.29) is 12.0 Å². The average molecular weight is 278 g/mol. The monoisotopic (exact) mass is 278 g/mol. The van der Waals surface area contributed by atoms with Crippen LogP contribution in [0.1, 0.15) is 37.0 Å². The number of ether oxygens (including phenoxy) is 2. The van der Waals surface area contributed by atoms with Crippen LogP contribution in [0.15, 0.2) is 18.3 Å². The van der Waals surface area contributed by atoms with Crippen LogP contribution in [0, 0.1) is 5.92 Å². The van der Waals surface area contributed by atoms with Crippen LogP contribution in [0.4, 0.5) is 0 Å². The fourth-order valence-corrected chi connectivity index (χ4v) is 1.95. The molecule has 20 heavy (non-hydrogen) atoms. The molecular weight excluding hydrogens is 256 g/mol. The van der Waals surface area contributed by atoms with Crippen molar-refractivity contribution >= 4 is 5.91 Å². The largest absolute Gasteiger partial charge is 0.474 e. The van der Waals surface area contributed by atoms with Crippen LogP contribution < -0.4 is 10.1 Å². The van der Waals surface area contributed by atoms with Gasteiger partial charge in [0.25, 0.3) is 5.91 Å².